The van der Waals surface area contributed by atoms with Crippen molar-refractivity contribution in [2.24, 2.45) is 11.8 Å². The molecule has 4 atom stereocenters. The summed E-state index contributed by atoms with van der Waals surface area (Å²) in [7, 11) is 0. The molecule has 1 spiro atoms. The smallest absolute Gasteiger partial charge is 0.312 e. The SMILES string of the molecule is CCCCOC(=O)[C@@H]1[C@H]2C(=O)N(c3ccc(Cl)c(C)c3)C[C@@]23C=C[C@H]1O3. The average Bonchev–Trinajstić information content (AvgIpc) is 3.26. The van der Waals surface area contributed by atoms with Crippen LogP contribution in [0.2, 0.25) is 5.02 Å². The third-order valence-electron chi connectivity index (χ3n) is 5.57. The van der Waals surface area contributed by atoms with Crippen LogP contribution in [-0.2, 0) is 19.1 Å². The number of amides is 1. The van der Waals surface area contributed by atoms with E-state index in [0.29, 0.717) is 18.2 Å². The van der Waals surface area contributed by atoms with E-state index in [0.717, 1.165) is 24.1 Å². The molecule has 4 rings (SSSR count). The van der Waals surface area contributed by atoms with Crippen molar-refractivity contribution >= 4 is 29.2 Å². The molecule has 0 aromatic heterocycles. The van der Waals surface area contributed by atoms with Crippen LogP contribution in [0.3, 0.4) is 0 Å². The van der Waals surface area contributed by atoms with E-state index < -0.39 is 17.4 Å². The predicted molar refractivity (Wildman–Crippen MR) is 98.1 cm³/mol. The molecule has 0 aliphatic carbocycles. The van der Waals surface area contributed by atoms with Gasteiger partial charge in [0.1, 0.15) is 11.5 Å². The van der Waals surface area contributed by atoms with Crippen LogP contribution < -0.4 is 4.90 Å². The van der Waals surface area contributed by atoms with Gasteiger partial charge in [0.25, 0.3) is 0 Å². The summed E-state index contributed by atoms with van der Waals surface area (Å²) in [6.45, 7) is 4.74. The highest BCUT2D eigenvalue weighted by Crippen LogP contribution is 2.53. The third kappa shape index (κ3) is 2.57. The van der Waals surface area contributed by atoms with Crippen LogP contribution in [0.25, 0.3) is 0 Å². The first-order valence-electron chi connectivity index (χ1n) is 9.08. The molecule has 3 aliphatic rings. The van der Waals surface area contributed by atoms with Gasteiger partial charge in [0, 0.05) is 10.7 Å². The van der Waals surface area contributed by atoms with E-state index >= 15 is 0 Å². The van der Waals surface area contributed by atoms with Crippen molar-refractivity contribution < 1.29 is 19.1 Å². The summed E-state index contributed by atoms with van der Waals surface area (Å²) in [5.74, 6) is -1.51. The molecule has 3 aliphatic heterocycles. The number of anilines is 1. The summed E-state index contributed by atoms with van der Waals surface area (Å²) in [6, 6.07) is 5.51. The molecule has 1 aromatic rings. The first-order valence-corrected chi connectivity index (χ1v) is 9.46. The number of rotatable bonds is 5. The van der Waals surface area contributed by atoms with Crippen molar-refractivity contribution in [2.45, 2.75) is 38.4 Å². The number of carbonyl (C=O) groups is 2. The number of unbranched alkanes of at least 4 members (excludes halogenated alkanes) is 1. The molecule has 0 radical (unpaired) electrons. The van der Waals surface area contributed by atoms with Crippen LogP contribution in [-0.4, -0.2) is 36.7 Å². The molecular weight excluding hydrogens is 354 g/mol. The minimum absolute atomic E-state index is 0.0870. The number of hydrogen-bond donors (Lipinski definition) is 0. The van der Waals surface area contributed by atoms with Crippen LogP contribution in [0.4, 0.5) is 5.69 Å². The highest BCUT2D eigenvalue weighted by molar-refractivity contribution is 6.31. The summed E-state index contributed by atoms with van der Waals surface area (Å²) >= 11 is 6.11. The topological polar surface area (TPSA) is 55.8 Å². The summed E-state index contributed by atoms with van der Waals surface area (Å²) < 4.78 is 11.5. The van der Waals surface area contributed by atoms with Crippen LogP contribution in [0, 0.1) is 18.8 Å². The van der Waals surface area contributed by atoms with E-state index in [1.54, 1.807) is 11.0 Å². The number of halogens is 1. The number of carbonyl (C=O) groups excluding carboxylic acids is 2. The number of hydrogen-bond acceptors (Lipinski definition) is 4. The lowest BCUT2D eigenvalue weighted by Crippen LogP contribution is -2.40. The Hall–Kier alpha value is -1.85. The number of esters is 1. The highest BCUT2D eigenvalue weighted by atomic mass is 35.5. The molecule has 138 valence electrons. The largest absolute Gasteiger partial charge is 0.465 e. The zero-order valence-corrected chi connectivity index (χ0v) is 15.7. The predicted octanol–water partition coefficient (Wildman–Crippen LogP) is 3.28. The number of aryl methyl sites for hydroxylation is 1. The molecule has 5 nitrogen and oxygen atoms in total. The Bertz CT molecular complexity index is 792. The zero-order chi connectivity index (χ0) is 18.5. The molecule has 0 N–H and O–H groups in total. The van der Waals surface area contributed by atoms with Gasteiger partial charge in [0.15, 0.2) is 0 Å². The van der Waals surface area contributed by atoms with Crippen LogP contribution >= 0.6 is 11.6 Å². The first-order chi connectivity index (χ1) is 12.5. The molecule has 6 heteroatoms. The average molecular weight is 376 g/mol. The van der Waals surface area contributed by atoms with E-state index in [2.05, 4.69) is 0 Å². The van der Waals surface area contributed by atoms with Crippen molar-refractivity contribution in [3.8, 4) is 0 Å². The van der Waals surface area contributed by atoms with Gasteiger partial charge in [0.2, 0.25) is 5.91 Å². The molecule has 2 bridgehead atoms. The van der Waals surface area contributed by atoms with Crippen molar-refractivity contribution in [1.82, 2.24) is 0 Å². The van der Waals surface area contributed by atoms with Gasteiger partial charge in [-0.25, -0.2) is 0 Å². The van der Waals surface area contributed by atoms with Crippen molar-refractivity contribution in [3.05, 3.63) is 40.9 Å². The van der Waals surface area contributed by atoms with E-state index in [-0.39, 0.29) is 18.0 Å². The monoisotopic (exact) mass is 375 g/mol. The zero-order valence-electron chi connectivity index (χ0n) is 14.9. The second-order valence-corrected chi connectivity index (χ2v) is 7.69. The minimum Gasteiger partial charge on any atom is -0.465 e. The highest BCUT2D eigenvalue weighted by Gasteiger charge is 2.67. The Kier molecular flexibility index (Phi) is 4.32. The number of nitrogens with zero attached hydrogens (tertiary/aromatic N) is 1. The molecule has 0 saturated carbocycles. The molecule has 1 amide bonds. The van der Waals surface area contributed by atoms with Gasteiger partial charge >= 0.3 is 5.97 Å². The first kappa shape index (κ1) is 17.6. The summed E-state index contributed by atoms with van der Waals surface area (Å²) in [5, 5.41) is 0.660. The molecule has 1 aromatic carbocycles. The van der Waals surface area contributed by atoms with Gasteiger partial charge in [-0.3, -0.25) is 9.59 Å². The lowest BCUT2D eigenvalue weighted by molar-refractivity contribution is -0.152. The van der Waals surface area contributed by atoms with Gasteiger partial charge < -0.3 is 14.4 Å². The normalized spacial score (nSPS) is 31.6. The summed E-state index contributed by atoms with van der Waals surface area (Å²) in [4.78, 5) is 27.5. The Morgan fingerprint density at radius 2 is 2.27 bits per heavy atom. The third-order valence-corrected chi connectivity index (χ3v) is 5.99. The van der Waals surface area contributed by atoms with Crippen LogP contribution in [0.5, 0.6) is 0 Å². The van der Waals surface area contributed by atoms with Crippen molar-refractivity contribution in [2.75, 3.05) is 18.1 Å². The number of fused-ring (bicyclic) bond motifs is 1. The van der Waals surface area contributed by atoms with Crippen molar-refractivity contribution in [1.29, 1.82) is 0 Å². The molecular formula is C20H22ClNO4. The molecule has 3 heterocycles. The Morgan fingerprint density at radius 1 is 1.46 bits per heavy atom. The minimum atomic E-state index is -0.732. The second kappa shape index (κ2) is 6.39. The van der Waals surface area contributed by atoms with Gasteiger partial charge in [-0.05, 0) is 37.1 Å². The lowest BCUT2D eigenvalue weighted by Gasteiger charge is -2.22. The summed E-state index contributed by atoms with van der Waals surface area (Å²) in [5.41, 5.74) is 0.950. The maximum Gasteiger partial charge on any atom is 0.312 e. The molecule has 0 unspecified atom stereocenters. The molecule has 2 saturated heterocycles. The van der Waals surface area contributed by atoms with Gasteiger partial charge in [-0.2, -0.15) is 0 Å². The number of benzene rings is 1. The van der Waals surface area contributed by atoms with Gasteiger partial charge in [-0.1, -0.05) is 37.1 Å². The van der Waals surface area contributed by atoms with E-state index in [9.17, 15) is 9.59 Å². The lowest BCUT2D eigenvalue weighted by atomic mass is 9.77. The maximum atomic E-state index is 13.2. The Labute approximate surface area is 157 Å². The quantitative estimate of drug-likeness (QED) is 0.450. The standard InChI is InChI=1S/C20H22ClNO4/c1-3-4-9-25-19(24)16-15-7-8-20(26-15)11-22(18(23)17(16)20)13-5-6-14(21)12(2)10-13/h5-8,10,15-17H,3-4,9,11H2,1-2H3/t15-,16+,17+,20+/m1/s1. The fourth-order valence-corrected chi connectivity index (χ4v) is 4.31. The Balaban J connectivity index is 1.60. The van der Waals surface area contributed by atoms with Crippen LogP contribution in [0.1, 0.15) is 25.3 Å². The van der Waals surface area contributed by atoms with Gasteiger partial charge in [-0.15, -0.1) is 0 Å². The molecule has 26 heavy (non-hydrogen) atoms. The van der Waals surface area contributed by atoms with E-state index in [1.165, 1.54) is 0 Å². The fourth-order valence-electron chi connectivity index (χ4n) is 4.20. The fraction of sp³-hybridized carbons (Fsp3) is 0.500. The summed E-state index contributed by atoms with van der Waals surface area (Å²) in [6.07, 6.45) is 5.24. The van der Waals surface area contributed by atoms with E-state index in [1.807, 2.05) is 38.1 Å². The van der Waals surface area contributed by atoms with Gasteiger partial charge in [0.05, 0.1) is 25.2 Å². The molecule has 2 fully saturated rings. The van der Waals surface area contributed by atoms with Crippen LogP contribution in [0.15, 0.2) is 30.4 Å². The second-order valence-electron chi connectivity index (χ2n) is 7.28. The van der Waals surface area contributed by atoms with Crippen molar-refractivity contribution in [3.63, 3.8) is 0 Å². The Morgan fingerprint density at radius 3 is 3.00 bits per heavy atom. The number of ether oxygens (including phenoxy) is 2. The van der Waals surface area contributed by atoms with E-state index in [4.69, 9.17) is 21.1 Å². The maximum absolute atomic E-state index is 13.2.